The van der Waals surface area contributed by atoms with Crippen molar-refractivity contribution in [3.05, 3.63) is 64.1 Å². The molecule has 6 nitrogen and oxygen atoms in total. The highest BCUT2D eigenvalue weighted by Gasteiger charge is 2.30. The molecule has 1 fully saturated rings. The Kier molecular flexibility index (Phi) is 5.37. The summed E-state index contributed by atoms with van der Waals surface area (Å²) in [6, 6.07) is 12.0. The van der Waals surface area contributed by atoms with Crippen molar-refractivity contribution in [3.8, 4) is 5.69 Å². The van der Waals surface area contributed by atoms with E-state index in [9.17, 15) is 8.42 Å². The van der Waals surface area contributed by atoms with Crippen LogP contribution in [0.1, 0.15) is 15.3 Å². The lowest BCUT2D eigenvalue weighted by Crippen LogP contribution is -2.48. The van der Waals surface area contributed by atoms with E-state index in [0.717, 1.165) is 35.1 Å². The van der Waals surface area contributed by atoms with E-state index in [1.807, 2.05) is 30.8 Å². The van der Waals surface area contributed by atoms with E-state index in [4.69, 9.17) is 0 Å². The second-order valence-corrected chi connectivity index (χ2v) is 10.4. The topological polar surface area (TPSA) is 58.4 Å². The molecule has 28 heavy (non-hydrogen) atoms. The third-order valence-corrected chi connectivity index (χ3v) is 8.18. The summed E-state index contributed by atoms with van der Waals surface area (Å²) < 4.78 is 29.3. The van der Waals surface area contributed by atoms with Crippen molar-refractivity contribution in [1.29, 1.82) is 0 Å². The van der Waals surface area contributed by atoms with Crippen LogP contribution in [0.4, 0.5) is 0 Å². The Morgan fingerprint density at radius 1 is 1.07 bits per heavy atom. The van der Waals surface area contributed by atoms with Crippen LogP contribution in [-0.4, -0.2) is 53.6 Å². The molecule has 3 aromatic rings. The molecule has 2 aromatic heterocycles. The van der Waals surface area contributed by atoms with Gasteiger partial charge >= 0.3 is 0 Å². The zero-order chi connectivity index (χ0) is 19.7. The maximum absolute atomic E-state index is 12.9. The average Bonchev–Trinajstić information content (AvgIpc) is 3.33. The van der Waals surface area contributed by atoms with Crippen molar-refractivity contribution in [2.75, 3.05) is 26.2 Å². The van der Waals surface area contributed by atoms with Crippen LogP contribution in [0, 0.1) is 13.8 Å². The molecule has 0 bridgehead atoms. The van der Waals surface area contributed by atoms with Gasteiger partial charge in [0, 0.05) is 54.9 Å². The van der Waals surface area contributed by atoms with Crippen molar-refractivity contribution < 1.29 is 8.42 Å². The molecule has 1 aliphatic rings. The molecule has 1 saturated heterocycles. The van der Waals surface area contributed by atoms with Gasteiger partial charge in [-0.05, 0) is 43.7 Å². The quantitative estimate of drug-likeness (QED) is 0.641. The second-order valence-electron chi connectivity index (χ2n) is 7.07. The van der Waals surface area contributed by atoms with Gasteiger partial charge in [0.25, 0.3) is 0 Å². The number of hydrogen-bond acceptors (Lipinski definition) is 5. The van der Waals surface area contributed by atoms with Crippen molar-refractivity contribution in [1.82, 2.24) is 19.0 Å². The Balaban J connectivity index is 1.37. The van der Waals surface area contributed by atoms with Gasteiger partial charge in [-0.1, -0.05) is 12.1 Å². The van der Waals surface area contributed by atoms with Crippen LogP contribution in [0.2, 0.25) is 0 Å². The van der Waals surface area contributed by atoms with Crippen LogP contribution < -0.4 is 0 Å². The molecule has 3 heterocycles. The highest BCUT2D eigenvalue weighted by molar-refractivity contribution is 7.89. The standard InChI is InChI=1S/C20H24N4O2S2/c1-16-14-20(17(2)27-16)28(25,26)23-12-10-22(11-13-23)15-18-4-6-19(7-5-18)24-9-3-8-21-24/h3-9,14H,10-13,15H2,1-2H3. The van der Waals surface area contributed by atoms with Gasteiger partial charge in [-0.15, -0.1) is 11.3 Å². The summed E-state index contributed by atoms with van der Waals surface area (Å²) in [6.07, 6.45) is 3.69. The van der Waals surface area contributed by atoms with Gasteiger partial charge in [-0.3, -0.25) is 4.90 Å². The van der Waals surface area contributed by atoms with Crippen LogP contribution in [0.3, 0.4) is 0 Å². The van der Waals surface area contributed by atoms with E-state index < -0.39 is 10.0 Å². The number of piperazine rings is 1. The Labute approximate surface area is 170 Å². The number of benzene rings is 1. The van der Waals surface area contributed by atoms with E-state index in [1.54, 1.807) is 27.9 Å². The molecule has 0 aliphatic carbocycles. The zero-order valence-corrected chi connectivity index (χ0v) is 17.7. The summed E-state index contributed by atoms with van der Waals surface area (Å²) in [5.74, 6) is 0. The van der Waals surface area contributed by atoms with Crippen LogP contribution in [0.5, 0.6) is 0 Å². The fourth-order valence-corrected chi connectivity index (χ4v) is 6.51. The zero-order valence-electron chi connectivity index (χ0n) is 16.1. The summed E-state index contributed by atoms with van der Waals surface area (Å²) in [5.41, 5.74) is 2.25. The van der Waals surface area contributed by atoms with Gasteiger partial charge in [-0.25, -0.2) is 13.1 Å². The lowest BCUT2D eigenvalue weighted by atomic mass is 10.2. The predicted octanol–water partition coefficient (Wildman–Crippen LogP) is 3.06. The van der Waals surface area contributed by atoms with Gasteiger partial charge in [0.15, 0.2) is 0 Å². The van der Waals surface area contributed by atoms with Gasteiger partial charge in [0.05, 0.1) is 10.6 Å². The summed E-state index contributed by atoms with van der Waals surface area (Å²) in [5, 5.41) is 4.24. The van der Waals surface area contributed by atoms with Crippen molar-refractivity contribution in [2.24, 2.45) is 0 Å². The number of nitrogens with zero attached hydrogens (tertiary/aromatic N) is 4. The highest BCUT2D eigenvalue weighted by atomic mass is 32.2. The molecule has 0 spiro atoms. The van der Waals surface area contributed by atoms with Gasteiger partial charge in [0.1, 0.15) is 0 Å². The number of thiophene rings is 1. The molecule has 0 amide bonds. The van der Waals surface area contributed by atoms with Gasteiger partial charge in [-0.2, -0.15) is 9.40 Å². The van der Waals surface area contributed by atoms with Crippen molar-refractivity contribution in [3.63, 3.8) is 0 Å². The first kappa shape index (κ1) is 19.3. The monoisotopic (exact) mass is 416 g/mol. The summed E-state index contributed by atoms with van der Waals surface area (Å²) in [6.45, 7) is 7.19. The second kappa shape index (κ2) is 7.79. The Hall–Kier alpha value is -2.00. The maximum Gasteiger partial charge on any atom is 0.244 e. The Bertz CT molecular complexity index is 1030. The molecule has 148 valence electrons. The van der Waals surface area contributed by atoms with Crippen LogP contribution in [0.25, 0.3) is 5.69 Å². The molecule has 1 aliphatic heterocycles. The third-order valence-electron chi connectivity index (χ3n) is 5.06. The summed E-state index contributed by atoms with van der Waals surface area (Å²) >= 11 is 1.54. The van der Waals surface area contributed by atoms with Crippen LogP contribution in [0.15, 0.2) is 53.7 Å². The molecule has 4 rings (SSSR count). The minimum atomic E-state index is -3.39. The van der Waals surface area contributed by atoms with E-state index >= 15 is 0 Å². The van der Waals surface area contributed by atoms with E-state index in [2.05, 4.69) is 34.3 Å². The normalized spacial score (nSPS) is 16.5. The van der Waals surface area contributed by atoms with Crippen molar-refractivity contribution >= 4 is 21.4 Å². The van der Waals surface area contributed by atoms with Crippen LogP contribution in [-0.2, 0) is 16.6 Å². The molecule has 0 unspecified atom stereocenters. The molecule has 8 heteroatoms. The highest BCUT2D eigenvalue weighted by Crippen LogP contribution is 2.28. The molecule has 0 saturated carbocycles. The number of aromatic nitrogens is 2. The third kappa shape index (κ3) is 3.91. The first-order valence-electron chi connectivity index (χ1n) is 9.32. The summed E-state index contributed by atoms with van der Waals surface area (Å²) in [4.78, 5) is 4.68. The minimum absolute atomic E-state index is 0.470. The molecular formula is C20H24N4O2S2. The van der Waals surface area contributed by atoms with Crippen LogP contribution >= 0.6 is 11.3 Å². The molecule has 0 atom stereocenters. The molecule has 1 aromatic carbocycles. The largest absolute Gasteiger partial charge is 0.296 e. The predicted molar refractivity (Wildman–Crippen MR) is 111 cm³/mol. The smallest absolute Gasteiger partial charge is 0.244 e. The van der Waals surface area contributed by atoms with Gasteiger partial charge < -0.3 is 0 Å². The molecular weight excluding hydrogens is 392 g/mol. The number of aryl methyl sites for hydroxylation is 2. The minimum Gasteiger partial charge on any atom is -0.296 e. The first-order chi connectivity index (χ1) is 13.4. The van der Waals surface area contributed by atoms with Gasteiger partial charge in [0.2, 0.25) is 10.0 Å². The maximum atomic E-state index is 12.9. The number of hydrogen-bond donors (Lipinski definition) is 0. The first-order valence-corrected chi connectivity index (χ1v) is 11.6. The molecule has 0 radical (unpaired) electrons. The SMILES string of the molecule is Cc1cc(S(=O)(=O)N2CCN(Cc3ccc(-n4cccn4)cc3)CC2)c(C)s1. The van der Waals surface area contributed by atoms with E-state index in [1.165, 1.54) is 5.56 Å². The fourth-order valence-electron chi connectivity index (χ4n) is 3.56. The van der Waals surface area contributed by atoms with Crippen molar-refractivity contribution in [2.45, 2.75) is 25.3 Å². The lowest BCUT2D eigenvalue weighted by molar-refractivity contribution is 0.181. The summed E-state index contributed by atoms with van der Waals surface area (Å²) in [7, 11) is -3.39. The lowest BCUT2D eigenvalue weighted by Gasteiger charge is -2.34. The van der Waals surface area contributed by atoms with E-state index in [0.29, 0.717) is 18.0 Å². The average molecular weight is 417 g/mol. The fraction of sp³-hybridized carbons (Fsp3) is 0.350. The Morgan fingerprint density at radius 2 is 1.79 bits per heavy atom. The number of sulfonamides is 1. The van der Waals surface area contributed by atoms with E-state index in [-0.39, 0.29) is 0 Å². The molecule has 0 N–H and O–H groups in total. The Morgan fingerprint density at radius 3 is 2.36 bits per heavy atom. The number of rotatable bonds is 5.